The molecule has 4 atom stereocenters. The lowest BCUT2D eigenvalue weighted by atomic mass is 9.80. The van der Waals surface area contributed by atoms with Crippen molar-refractivity contribution in [2.45, 2.75) is 113 Å². The molecule has 0 bridgehead atoms. The van der Waals surface area contributed by atoms with Gasteiger partial charge in [-0.05, 0) is 42.4 Å². The van der Waals surface area contributed by atoms with E-state index in [4.69, 9.17) is 4.74 Å². The summed E-state index contributed by atoms with van der Waals surface area (Å²) in [4.78, 5) is 38.2. The van der Waals surface area contributed by atoms with Gasteiger partial charge in [0.15, 0.2) is 0 Å². The average Bonchev–Trinajstić information content (AvgIpc) is 3.10. The largest absolute Gasteiger partial charge is 0.381 e. The number of nitrogens with zero attached hydrogens (tertiary/aromatic N) is 1. The summed E-state index contributed by atoms with van der Waals surface area (Å²) in [6, 6.07) is 0. The zero-order valence-electron chi connectivity index (χ0n) is 23.8. The van der Waals surface area contributed by atoms with Crippen LogP contribution in [0.3, 0.4) is 0 Å². The van der Waals surface area contributed by atoms with Gasteiger partial charge in [-0.15, -0.1) is 0 Å². The number of carbonyl (C=O) groups excluding carboxylic acids is 3. The Bertz CT molecular complexity index is 643. The van der Waals surface area contributed by atoms with Gasteiger partial charge in [-0.2, -0.15) is 0 Å². The summed E-state index contributed by atoms with van der Waals surface area (Å²) in [6.45, 7) is 17.3. The number of amides is 3. The van der Waals surface area contributed by atoms with Crippen molar-refractivity contribution in [1.82, 2.24) is 10.2 Å². The van der Waals surface area contributed by atoms with Crippen LogP contribution in [0, 0.1) is 29.1 Å². The fourth-order valence-corrected chi connectivity index (χ4v) is 4.54. The van der Waals surface area contributed by atoms with Crippen molar-refractivity contribution in [3.8, 4) is 0 Å². The molecule has 0 radical (unpaired) electrons. The molecule has 204 valence electrons. The third-order valence-corrected chi connectivity index (χ3v) is 7.76. The first-order valence-electron chi connectivity index (χ1n) is 14.2. The van der Waals surface area contributed by atoms with Crippen molar-refractivity contribution < 1.29 is 19.1 Å². The predicted molar refractivity (Wildman–Crippen MR) is 143 cm³/mol. The minimum Gasteiger partial charge on any atom is -0.381 e. The Hall–Kier alpha value is -1.43. The van der Waals surface area contributed by atoms with Gasteiger partial charge in [-0.25, -0.2) is 0 Å². The lowest BCUT2D eigenvalue weighted by molar-refractivity contribution is -0.140. The highest BCUT2D eigenvalue weighted by molar-refractivity contribution is 6.04. The van der Waals surface area contributed by atoms with Gasteiger partial charge in [0, 0.05) is 39.1 Å². The fraction of sp³-hybridized carbons (Fsp3) is 0.897. The van der Waals surface area contributed by atoms with E-state index < -0.39 is 0 Å². The van der Waals surface area contributed by atoms with E-state index in [2.05, 4.69) is 33.0 Å². The number of imide groups is 1. The molecule has 6 heteroatoms. The van der Waals surface area contributed by atoms with Crippen LogP contribution in [0.15, 0.2) is 0 Å². The van der Waals surface area contributed by atoms with Crippen LogP contribution in [-0.4, -0.2) is 48.9 Å². The molecule has 1 rings (SSSR count). The number of hydrogen-bond donors (Lipinski definition) is 1. The Labute approximate surface area is 215 Å². The first-order chi connectivity index (χ1) is 16.5. The van der Waals surface area contributed by atoms with E-state index in [1.54, 1.807) is 0 Å². The average molecular weight is 495 g/mol. The molecule has 1 saturated heterocycles. The van der Waals surface area contributed by atoms with Gasteiger partial charge in [-0.3, -0.25) is 19.3 Å². The molecule has 1 aliphatic heterocycles. The molecule has 0 spiro atoms. The van der Waals surface area contributed by atoms with Crippen molar-refractivity contribution in [2.75, 3.05) is 26.3 Å². The van der Waals surface area contributed by atoms with Crippen LogP contribution in [0.4, 0.5) is 0 Å². The van der Waals surface area contributed by atoms with E-state index in [1.807, 2.05) is 20.8 Å². The zero-order chi connectivity index (χ0) is 26.4. The van der Waals surface area contributed by atoms with Crippen molar-refractivity contribution in [3.63, 3.8) is 0 Å². The molecule has 1 aliphatic rings. The molecule has 1 fully saturated rings. The molecule has 1 heterocycles. The smallest absolute Gasteiger partial charge is 0.233 e. The maximum absolute atomic E-state index is 12.5. The maximum atomic E-state index is 12.5. The molecule has 0 saturated carbocycles. The molecule has 4 unspecified atom stereocenters. The Morgan fingerprint density at radius 1 is 1.03 bits per heavy atom. The third kappa shape index (κ3) is 12.4. The number of carbonyl (C=O) groups is 3. The molecule has 0 aromatic carbocycles. The molecule has 0 aromatic heterocycles. The number of likely N-dealkylation sites (tertiary alicyclic amines) is 1. The highest BCUT2D eigenvalue weighted by atomic mass is 16.5. The quantitative estimate of drug-likeness (QED) is 0.188. The number of rotatable bonds is 18. The molecule has 0 aliphatic carbocycles. The van der Waals surface area contributed by atoms with Crippen molar-refractivity contribution >= 4 is 17.7 Å². The monoisotopic (exact) mass is 494 g/mol. The van der Waals surface area contributed by atoms with E-state index >= 15 is 0 Å². The number of nitrogens with one attached hydrogen (secondary N) is 1. The van der Waals surface area contributed by atoms with Gasteiger partial charge in [0.05, 0.1) is 5.92 Å². The maximum Gasteiger partial charge on any atom is 0.233 e. The van der Waals surface area contributed by atoms with Gasteiger partial charge in [0.1, 0.15) is 0 Å². The lowest BCUT2D eigenvalue weighted by Gasteiger charge is -2.24. The van der Waals surface area contributed by atoms with E-state index in [0.717, 1.165) is 24.9 Å². The molecule has 3 amide bonds. The Morgan fingerprint density at radius 3 is 2.29 bits per heavy atom. The minimum atomic E-state index is -0.292. The fourth-order valence-electron chi connectivity index (χ4n) is 4.54. The summed E-state index contributed by atoms with van der Waals surface area (Å²) in [7, 11) is 0. The first kappa shape index (κ1) is 31.6. The number of hydrogen-bond acceptors (Lipinski definition) is 4. The Kier molecular flexibility index (Phi) is 14.8. The standard InChI is InChI=1S/C29H54N2O4/c1-8-22(3)12-10-13-24(15-14-23(4)9-2)21-35-19-11-17-30-26(32)16-18-31-27(33)20-25(28(31)34)29(5,6)7/h22-25H,8-21H2,1-7H3,(H,30,32). The van der Waals surface area contributed by atoms with Crippen LogP contribution in [-0.2, 0) is 19.1 Å². The van der Waals surface area contributed by atoms with Crippen LogP contribution in [0.1, 0.15) is 113 Å². The summed E-state index contributed by atoms with van der Waals surface area (Å²) in [5.41, 5.74) is -0.245. The van der Waals surface area contributed by atoms with E-state index in [0.29, 0.717) is 19.1 Å². The van der Waals surface area contributed by atoms with Gasteiger partial charge < -0.3 is 10.1 Å². The second-order valence-electron chi connectivity index (χ2n) is 11.9. The Morgan fingerprint density at radius 2 is 1.69 bits per heavy atom. The second kappa shape index (κ2) is 16.3. The summed E-state index contributed by atoms with van der Waals surface area (Å²) in [5, 5.41) is 2.90. The molecule has 0 aromatic rings. The molecular weight excluding hydrogens is 440 g/mol. The summed E-state index contributed by atoms with van der Waals surface area (Å²) in [5.74, 6) is 1.47. The highest BCUT2D eigenvalue weighted by Crippen LogP contribution is 2.35. The van der Waals surface area contributed by atoms with Crippen LogP contribution in [0.25, 0.3) is 0 Å². The van der Waals surface area contributed by atoms with Crippen molar-refractivity contribution in [2.24, 2.45) is 29.1 Å². The van der Waals surface area contributed by atoms with Crippen LogP contribution >= 0.6 is 0 Å². The van der Waals surface area contributed by atoms with E-state index in [1.165, 1.54) is 49.8 Å². The van der Waals surface area contributed by atoms with Gasteiger partial charge in [0.2, 0.25) is 17.7 Å². The van der Waals surface area contributed by atoms with Crippen LogP contribution < -0.4 is 5.32 Å². The number of ether oxygens (including phenoxy) is 1. The topological polar surface area (TPSA) is 75.7 Å². The SMILES string of the molecule is CCC(C)CCCC(CCC(C)CC)COCCCNC(=O)CCN1C(=O)CC(C(C)(C)C)C1=O. The van der Waals surface area contributed by atoms with Gasteiger partial charge >= 0.3 is 0 Å². The van der Waals surface area contributed by atoms with Gasteiger partial charge in [0.25, 0.3) is 0 Å². The van der Waals surface area contributed by atoms with E-state index in [-0.39, 0.29) is 48.4 Å². The summed E-state index contributed by atoms with van der Waals surface area (Å²) >= 11 is 0. The van der Waals surface area contributed by atoms with Crippen LogP contribution in [0.2, 0.25) is 0 Å². The van der Waals surface area contributed by atoms with Gasteiger partial charge in [-0.1, -0.05) is 80.6 Å². The zero-order valence-corrected chi connectivity index (χ0v) is 23.8. The second-order valence-corrected chi connectivity index (χ2v) is 11.9. The predicted octanol–water partition coefficient (Wildman–Crippen LogP) is 5.98. The van der Waals surface area contributed by atoms with Crippen molar-refractivity contribution in [3.05, 3.63) is 0 Å². The summed E-state index contributed by atoms with van der Waals surface area (Å²) < 4.78 is 5.99. The van der Waals surface area contributed by atoms with E-state index in [9.17, 15) is 14.4 Å². The molecular formula is C29H54N2O4. The summed E-state index contributed by atoms with van der Waals surface area (Å²) in [6.07, 6.45) is 9.97. The minimum absolute atomic E-state index is 0.124. The lowest BCUT2D eigenvalue weighted by Crippen LogP contribution is -2.37. The van der Waals surface area contributed by atoms with Crippen molar-refractivity contribution in [1.29, 1.82) is 0 Å². The normalized spacial score (nSPS) is 19.2. The molecule has 1 N–H and O–H groups in total. The first-order valence-corrected chi connectivity index (χ1v) is 14.2. The van der Waals surface area contributed by atoms with Crippen LogP contribution in [0.5, 0.6) is 0 Å². The highest BCUT2D eigenvalue weighted by Gasteiger charge is 2.44. The molecule has 35 heavy (non-hydrogen) atoms. The molecule has 6 nitrogen and oxygen atoms in total. The Balaban J connectivity index is 2.25. The third-order valence-electron chi connectivity index (χ3n) is 7.76.